The molecule has 0 radical (unpaired) electrons. The number of carbonyl (C=O) groups is 3. The predicted octanol–water partition coefficient (Wildman–Crippen LogP) is 2.91. The molecular formula is C21H34N2O4. The SMILES string of the molecule is CC(=O)N(CC(=O)O)C1CCCN(C(=O)C2CCCC3CCCCC32)CC1. The van der Waals surface area contributed by atoms with Crippen LogP contribution in [0.15, 0.2) is 0 Å². The number of amides is 2. The third-order valence-electron chi connectivity index (χ3n) is 7.05. The van der Waals surface area contributed by atoms with E-state index in [1.54, 1.807) is 0 Å². The molecule has 0 aromatic carbocycles. The second-order valence-corrected chi connectivity index (χ2v) is 8.70. The highest BCUT2D eigenvalue weighted by Crippen LogP contribution is 2.44. The van der Waals surface area contributed by atoms with Crippen LogP contribution in [0.3, 0.4) is 0 Å². The zero-order valence-electron chi connectivity index (χ0n) is 16.6. The smallest absolute Gasteiger partial charge is 0.323 e. The Hall–Kier alpha value is -1.59. The molecule has 1 saturated heterocycles. The Labute approximate surface area is 162 Å². The predicted molar refractivity (Wildman–Crippen MR) is 102 cm³/mol. The molecule has 6 nitrogen and oxygen atoms in total. The fourth-order valence-electron chi connectivity index (χ4n) is 5.73. The number of fused-ring (bicyclic) bond motifs is 1. The van der Waals surface area contributed by atoms with E-state index in [4.69, 9.17) is 5.11 Å². The van der Waals surface area contributed by atoms with E-state index in [2.05, 4.69) is 0 Å². The third-order valence-corrected chi connectivity index (χ3v) is 7.05. The largest absolute Gasteiger partial charge is 0.480 e. The molecule has 0 aromatic heterocycles. The minimum absolute atomic E-state index is 0.0785. The zero-order chi connectivity index (χ0) is 19.4. The van der Waals surface area contributed by atoms with Gasteiger partial charge in [0.25, 0.3) is 0 Å². The van der Waals surface area contributed by atoms with Crippen molar-refractivity contribution in [3.05, 3.63) is 0 Å². The van der Waals surface area contributed by atoms with Gasteiger partial charge in [0, 0.05) is 32.0 Å². The van der Waals surface area contributed by atoms with E-state index < -0.39 is 5.97 Å². The molecule has 1 heterocycles. The molecule has 1 aliphatic heterocycles. The molecule has 1 N–H and O–H groups in total. The second kappa shape index (κ2) is 9.07. The summed E-state index contributed by atoms with van der Waals surface area (Å²) in [5.74, 6) is 0.639. The van der Waals surface area contributed by atoms with Gasteiger partial charge < -0.3 is 14.9 Å². The van der Waals surface area contributed by atoms with Gasteiger partial charge in [-0.15, -0.1) is 0 Å². The number of aliphatic carboxylic acids is 1. The van der Waals surface area contributed by atoms with Crippen LogP contribution in [0.25, 0.3) is 0 Å². The second-order valence-electron chi connectivity index (χ2n) is 8.70. The van der Waals surface area contributed by atoms with Crippen LogP contribution in [0, 0.1) is 17.8 Å². The topological polar surface area (TPSA) is 77.9 Å². The van der Waals surface area contributed by atoms with Crippen LogP contribution in [0.1, 0.15) is 71.1 Å². The molecule has 152 valence electrons. The Bertz CT molecular complexity index is 562. The summed E-state index contributed by atoms with van der Waals surface area (Å²) < 4.78 is 0. The number of hydrogen-bond donors (Lipinski definition) is 1. The standard InChI is InChI=1S/C21H34N2O4/c1-15(24)23(14-20(25)26)17-8-5-12-22(13-11-17)21(27)19-10-4-7-16-6-2-3-9-18(16)19/h16-19H,2-14H2,1H3,(H,25,26). The summed E-state index contributed by atoms with van der Waals surface area (Å²) in [5.41, 5.74) is 0. The molecule has 3 rings (SSSR count). The lowest BCUT2D eigenvalue weighted by Gasteiger charge is -2.42. The maximum absolute atomic E-state index is 13.3. The minimum atomic E-state index is -0.979. The Balaban J connectivity index is 1.62. The highest BCUT2D eigenvalue weighted by molar-refractivity contribution is 5.80. The first kappa shape index (κ1) is 20.2. The lowest BCUT2D eigenvalue weighted by atomic mass is 9.65. The quantitative estimate of drug-likeness (QED) is 0.816. The summed E-state index contributed by atoms with van der Waals surface area (Å²) >= 11 is 0. The van der Waals surface area contributed by atoms with Gasteiger partial charge in [0.15, 0.2) is 0 Å². The van der Waals surface area contributed by atoms with Gasteiger partial charge in [0.1, 0.15) is 6.54 Å². The van der Waals surface area contributed by atoms with Gasteiger partial charge in [-0.2, -0.15) is 0 Å². The van der Waals surface area contributed by atoms with Crippen molar-refractivity contribution < 1.29 is 19.5 Å². The van der Waals surface area contributed by atoms with Crippen LogP contribution in [0.2, 0.25) is 0 Å². The first-order valence-corrected chi connectivity index (χ1v) is 10.7. The summed E-state index contributed by atoms with van der Waals surface area (Å²) in [6, 6.07) is -0.0785. The van der Waals surface area contributed by atoms with Crippen molar-refractivity contribution in [1.82, 2.24) is 9.80 Å². The van der Waals surface area contributed by atoms with E-state index in [0.717, 1.165) is 31.7 Å². The molecule has 3 fully saturated rings. The Morgan fingerprint density at radius 3 is 2.41 bits per heavy atom. The molecule has 4 atom stereocenters. The summed E-state index contributed by atoms with van der Waals surface area (Å²) in [7, 11) is 0. The van der Waals surface area contributed by atoms with Crippen LogP contribution in [-0.2, 0) is 14.4 Å². The summed E-state index contributed by atoms with van der Waals surface area (Å²) in [5, 5.41) is 9.10. The van der Waals surface area contributed by atoms with E-state index >= 15 is 0 Å². The summed E-state index contributed by atoms with van der Waals surface area (Å²) in [6.07, 6.45) is 10.8. The van der Waals surface area contributed by atoms with Crippen molar-refractivity contribution >= 4 is 17.8 Å². The minimum Gasteiger partial charge on any atom is -0.480 e. The van der Waals surface area contributed by atoms with Crippen molar-refractivity contribution in [2.75, 3.05) is 19.6 Å². The van der Waals surface area contributed by atoms with Crippen molar-refractivity contribution in [1.29, 1.82) is 0 Å². The average molecular weight is 379 g/mol. The van der Waals surface area contributed by atoms with Gasteiger partial charge in [-0.1, -0.05) is 32.1 Å². The maximum Gasteiger partial charge on any atom is 0.323 e. The number of rotatable bonds is 4. The number of nitrogens with zero attached hydrogens (tertiary/aromatic N) is 2. The molecule has 3 aliphatic rings. The van der Waals surface area contributed by atoms with Gasteiger partial charge in [0.2, 0.25) is 11.8 Å². The van der Waals surface area contributed by atoms with Gasteiger partial charge in [-0.3, -0.25) is 14.4 Å². The zero-order valence-corrected chi connectivity index (χ0v) is 16.6. The van der Waals surface area contributed by atoms with Gasteiger partial charge in [-0.05, 0) is 43.9 Å². The number of hydrogen-bond acceptors (Lipinski definition) is 3. The van der Waals surface area contributed by atoms with Crippen LogP contribution in [0.4, 0.5) is 0 Å². The van der Waals surface area contributed by atoms with Gasteiger partial charge in [0.05, 0.1) is 0 Å². The Morgan fingerprint density at radius 1 is 0.926 bits per heavy atom. The number of likely N-dealkylation sites (tertiary alicyclic amines) is 1. The molecule has 2 saturated carbocycles. The van der Waals surface area contributed by atoms with E-state index in [1.165, 1.54) is 50.3 Å². The van der Waals surface area contributed by atoms with Gasteiger partial charge in [-0.25, -0.2) is 0 Å². The van der Waals surface area contributed by atoms with Crippen LogP contribution < -0.4 is 0 Å². The fourth-order valence-corrected chi connectivity index (χ4v) is 5.73. The monoisotopic (exact) mass is 378 g/mol. The normalized spacial score (nSPS) is 31.5. The molecule has 6 heteroatoms. The number of carboxylic acids is 1. The van der Waals surface area contributed by atoms with Gasteiger partial charge >= 0.3 is 5.97 Å². The third kappa shape index (κ3) is 4.82. The fraction of sp³-hybridized carbons (Fsp3) is 0.857. The van der Waals surface area contributed by atoms with Crippen molar-refractivity contribution in [2.24, 2.45) is 17.8 Å². The average Bonchev–Trinajstić information content (AvgIpc) is 2.91. The van der Waals surface area contributed by atoms with Crippen molar-refractivity contribution in [3.63, 3.8) is 0 Å². The number of carboxylic acid groups (broad SMARTS) is 1. The van der Waals surface area contributed by atoms with E-state index in [-0.39, 0.29) is 24.4 Å². The van der Waals surface area contributed by atoms with Crippen LogP contribution in [-0.4, -0.2) is 58.4 Å². The summed E-state index contributed by atoms with van der Waals surface area (Å²) in [4.78, 5) is 39.8. The first-order chi connectivity index (χ1) is 13.0. The van der Waals surface area contributed by atoms with Crippen molar-refractivity contribution in [2.45, 2.75) is 77.2 Å². The highest BCUT2D eigenvalue weighted by Gasteiger charge is 2.40. The van der Waals surface area contributed by atoms with Crippen molar-refractivity contribution in [3.8, 4) is 0 Å². The Kier molecular flexibility index (Phi) is 6.77. The molecular weight excluding hydrogens is 344 g/mol. The molecule has 0 bridgehead atoms. The summed E-state index contributed by atoms with van der Waals surface area (Å²) in [6.45, 7) is 2.56. The lowest BCUT2D eigenvalue weighted by molar-refractivity contribution is -0.145. The lowest BCUT2D eigenvalue weighted by Crippen LogP contribution is -2.45. The molecule has 2 aliphatic carbocycles. The van der Waals surface area contributed by atoms with Crippen LogP contribution >= 0.6 is 0 Å². The molecule has 2 amide bonds. The molecule has 27 heavy (non-hydrogen) atoms. The van der Waals surface area contributed by atoms with E-state index in [0.29, 0.717) is 24.8 Å². The maximum atomic E-state index is 13.3. The van der Waals surface area contributed by atoms with E-state index in [1.807, 2.05) is 4.90 Å². The molecule has 4 unspecified atom stereocenters. The van der Waals surface area contributed by atoms with Crippen LogP contribution in [0.5, 0.6) is 0 Å². The first-order valence-electron chi connectivity index (χ1n) is 10.7. The number of carbonyl (C=O) groups excluding carboxylic acids is 2. The Morgan fingerprint density at radius 2 is 1.67 bits per heavy atom. The molecule has 0 spiro atoms. The highest BCUT2D eigenvalue weighted by atomic mass is 16.4. The van der Waals surface area contributed by atoms with E-state index in [9.17, 15) is 14.4 Å². The molecule has 0 aromatic rings.